The molecule has 1 N–H and O–H groups in total. The number of hydrogen-bond acceptors (Lipinski definition) is 7. The summed E-state index contributed by atoms with van der Waals surface area (Å²) in [5, 5.41) is 21.6. The third-order valence-corrected chi connectivity index (χ3v) is 6.73. The molecule has 118 valence electrons. The lowest BCUT2D eigenvalue weighted by molar-refractivity contribution is 0.207. The molecule has 1 aliphatic rings. The zero-order chi connectivity index (χ0) is 15.9. The van der Waals surface area contributed by atoms with E-state index < -0.39 is 21.2 Å². The van der Waals surface area contributed by atoms with E-state index in [4.69, 9.17) is 0 Å². The lowest BCUT2D eigenvalue weighted by atomic mass is 10.1. The Balaban J connectivity index is 1.90. The zero-order valence-corrected chi connectivity index (χ0v) is 13.8. The predicted octanol–water partition coefficient (Wildman–Crippen LogP) is 0.529. The normalized spacial score (nSPS) is 23.8. The first-order valence-electron chi connectivity index (χ1n) is 6.77. The van der Waals surface area contributed by atoms with E-state index in [-0.39, 0.29) is 11.5 Å². The average molecular weight is 340 g/mol. The van der Waals surface area contributed by atoms with Crippen LogP contribution in [0, 0.1) is 13.8 Å². The minimum absolute atomic E-state index is 0.0570. The van der Waals surface area contributed by atoms with Crippen molar-refractivity contribution in [2.45, 2.75) is 30.4 Å². The number of aromatic nitrogens is 4. The Kier molecular flexibility index (Phi) is 3.96. The van der Waals surface area contributed by atoms with E-state index in [0.29, 0.717) is 5.16 Å². The van der Waals surface area contributed by atoms with Crippen molar-refractivity contribution in [1.82, 2.24) is 20.2 Å². The fourth-order valence-electron chi connectivity index (χ4n) is 2.49. The van der Waals surface area contributed by atoms with Gasteiger partial charge in [0.05, 0.1) is 28.5 Å². The second-order valence-corrected chi connectivity index (χ2v) is 8.82. The molecular weight excluding hydrogens is 324 g/mol. The lowest BCUT2D eigenvalue weighted by Gasteiger charge is -2.12. The topological polar surface area (TPSA) is 98.0 Å². The maximum absolute atomic E-state index is 11.6. The smallest absolute Gasteiger partial charge is 0.214 e. The van der Waals surface area contributed by atoms with Crippen molar-refractivity contribution in [1.29, 1.82) is 0 Å². The van der Waals surface area contributed by atoms with Gasteiger partial charge in [-0.1, -0.05) is 29.5 Å². The van der Waals surface area contributed by atoms with Crippen LogP contribution in [0.3, 0.4) is 0 Å². The molecule has 1 aromatic heterocycles. The number of aliphatic hydroxyl groups excluding tert-OH is 1. The molecule has 0 unspecified atom stereocenters. The maximum atomic E-state index is 11.6. The Bertz CT molecular complexity index is 803. The van der Waals surface area contributed by atoms with Crippen molar-refractivity contribution in [2.75, 3.05) is 11.5 Å². The summed E-state index contributed by atoms with van der Waals surface area (Å²) in [4.78, 5) is 0. The van der Waals surface area contributed by atoms with Crippen molar-refractivity contribution in [2.24, 2.45) is 0 Å². The number of rotatable bonds is 3. The molecule has 2 atom stereocenters. The monoisotopic (exact) mass is 340 g/mol. The van der Waals surface area contributed by atoms with Crippen LogP contribution in [0.1, 0.15) is 11.1 Å². The highest BCUT2D eigenvalue weighted by Gasteiger charge is 2.38. The van der Waals surface area contributed by atoms with E-state index in [0.717, 1.165) is 16.8 Å². The summed E-state index contributed by atoms with van der Waals surface area (Å²) in [6, 6.07) is 5.92. The second kappa shape index (κ2) is 5.64. The zero-order valence-electron chi connectivity index (χ0n) is 12.2. The third kappa shape index (κ3) is 3.01. The molecule has 0 amide bonds. The van der Waals surface area contributed by atoms with Gasteiger partial charge in [-0.25, -0.2) is 8.42 Å². The van der Waals surface area contributed by atoms with Crippen LogP contribution in [0.2, 0.25) is 0 Å². The summed E-state index contributed by atoms with van der Waals surface area (Å²) in [7, 11) is -3.19. The molecule has 0 spiro atoms. The number of nitrogens with zero attached hydrogens (tertiary/aromatic N) is 4. The van der Waals surface area contributed by atoms with Gasteiger partial charge in [0, 0.05) is 0 Å². The van der Waals surface area contributed by atoms with E-state index in [9.17, 15) is 13.5 Å². The van der Waals surface area contributed by atoms with Crippen LogP contribution in [0.5, 0.6) is 0 Å². The fraction of sp³-hybridized carbons (Fsp3) is 0.462. The number of sulfone groups is 1. The van der Waals surface area contributed by atoms with Gasteiger partial charge in [0.15, 0.2) is 9.84 Å². The van der Waals surface area contributed by atoms with Gasteiger partial charge >= 0.3 is 0 Å². The average Bonchev–Trinajstić information content (AvgIpc) is 2.94. The third-order valence-electron chi connectivity index (χ3n) is 3.55. The van der Waals surface area contributed by atoms with Crippen molar-refractivity contribution in [3.8, 4) is 5.69 Å². The largest absolute Gasteiger partial charge is 0.391 e. The van der Waals surface area contributed by atoms with Gasteiger partial charge in [-0.05, 0) is 35.9 Å². The Morgan fingerprint density at radius 2 is 2.09 bits per heavy atom. The van der Waals surface area contributed by atoms with Gasteiger partial charge in [0.1, 0.15) is 0 Å². The van der Waals surface area contributed by atoms with Crippen LogP contribution in [0.15, 0.2) is 23.4 Å². The highest BCUT2D eigenvalue weighted by molar-refractivity contribution is 8.01. The van der Waals surface area contributed by atoms with Crippen LogP contribution in [-0.4, -0.2) is 56.6 Å². The minimum atomic E-state index is -3.19. The number of benzene rings is 1. The molecule has 7 nitrogen and oxygen atoms in total. The first-order chi connectivity index (χ1) is 10.4. The van der Waals surface area contributed by atoms with E-state index >= 15 is 0 Å². The highest BCUT2D eigenvalue weighted by atomic mass is 32.2. The first-order valence-corrected chi connectivity index (χ1v) is 9.47. The summed E-state index contributed by atoms with van der Waals surface area (Å²) < 4.78 is 24.8. The van der Waals surface area contributed by atoms with Gasteiger partial charge in [-0.15, -0.1) is 5.10 Å². The molecule has 2 heterocycles. The van der Waals surface area contributed by atoms with Gasteiger partial charge < -0.3 is 5.11 Å². The van der Waals surface area contributed by atoms with Crippen LogP contribution >= 0.6 is 11.8 Å². The summed E-state index contributed by atoms with van der Waals surface area (Å²) >= 11 is 1.20. The molecule has 0 bridgehead atoms. The van der Waals surface area contributed by atoms with E-state index in [1.807, 2.05) is 32.0 Å². The van der Waals surface area contributed by atoms with Gasteiger partial charge in [-0.3, -0.25) is 0 Å². The van der Waals surface area contributed by atoms with E-state index in [1.54, 1.807) is 4.68 Å². The Labute approximate surface area is 132 Å². The molecule has 3 rings (SSSR count). The molecular formula is C13H16N4O3S2. The SMILES string of the molecule is Cc1ccc(-n2nnnc2S[C@H]2CS(=O)(=O)C[C@@H]2O)c(C)c1. The lowest BCUT2D eigenvalue weighted by Crippen LogP contribution is -2.20. The molecule has 1 aromatic carbocycles. The molecule has 2 aromatic rings. The summed E-state index contributed by atoms with van der Waals surface area (Å²) in [5.41, 5.74) is 3.00. The van der Waals surface area contributed by atoms with Crippen molar-refractivity contribution < 1.29 is 13.5 Å². The van der Waals surface area contributed by atoms with E-state index in [2.05, 4.69) is 15.5 Å². The number of aryl methyl sites for hydroxylation is 2. The number of aliphatic hydroxyl groups is 1. The summed E-state index contributed by atoms with van der Waals surface area (Å²) in [6.45, 7) is 3.97. The van der Waals surface area contributed by atoms with Gasteiger partial charge in [-0.2, -0.15) is 4.68 Å². The number of tetrazole rings is 1. The van der Waals surface area contributed by atoms with Crippen molar-refractivity contribution in [3.63, 3.8) is 0 Å². The minimum Gasteiger partial charge on any atom is -0.391 e. The number of hydrogen-bond donors (Lipinski definition) is 1. The quantitative estimate of drug-likeness (QED) is 0.870. The predicted molar refractivity (Wildman–Crippen MR) is 82.9 cm³/mol. The summed E-state index contributed by atoms with van der Waals surface area (Å²) in [6.07, 6.45) is -0.890. The summed E-state index contributed by atoms with van der Waals surface area (Å²) in [5.74, 6) is -0.256. The molecule has 1 aliphatic heterocycles. The van der Waals surface area contributed by atoms with Crippen LogP contribution < -0.4 is 0 Å². The van der Waals surface area contributed by atoms with Crippen molar-refractivity contribution >= 4 is 21.6 Å². The molecule has 0 saturated carbocycles. The Hall–Kier alpha value is -1.45. The molecule has 1 saturated heterocycles. The highest BCUT2D eigenvalue weighted by Crippen LogP contribution is 2.31. The Morgan fingerprint density at radius 3 is 2.73 bits per heavy atom. The number of thioether (sulfide) groups is 1. The molecule has 0 aliphatic carbocycles. The molecule has 9 heteroatoms. The van der Waals surface area contributed by atoms with Gasteiger partial charge in [0.2, 0.25) is 5.16 Å². The fourth-order valence-corrected chi connectivity index (χ4v) is 5.96. The van der Waals surface area contributed by atoms with Crippen LogP contribution in [-0.2, 0) is 9.84 Å². The standard InChI is InChI=1S/C13H16N4O3S2/c1-8-3-4-10(9(2)5-8)17-13(14-15-16-17)21-12-7-22(19,20)6-11(12)18/h3-5,11-12,18H,6-7H2,1-2H3/t11-,12-/m0/s1. The first kappa shape index (κ1) is 15.4. The molecule has 0 radical (unpaired) electrons. The maximum Gasteiger partial charge on any atom is 0.214 e. The molecule has 1 fully saturated rings. The molecule has 22 heavy (non-hydrogen) atoms. The van der Waals surface area contributed by atoms with Crippen LogP contribution in [0.25, 0.3) is 5.69 Å². The van der Waals surface area contributed by atoms with Crippen molar-refractivity contribution in [3.05, 3.63) is 29.3 Å². The van der Waals surface area contributed by atoms with E-state index in [1.165, 1.54) is 11.8 Å². The van der Waals surface area contributed by atoms with Crippen LogP contribution in [0.4, 0.5) is 0 Å². The van der Waals surface area contributed by atoms with Gasteiger partial charge in [0.25, 0.3) is 0 Å². The second-order valence-electron chi connectivity index (χ2n) is 5.46. The Morgan fingerprint density at radius 1 is 1.32 bits per heavy atom.